The van der Waals surface area contributed by atoms with Crippen LogP contribution in [0, 0.1) is 0 Å². The lowest BCUT2D eigenvalue weighted by Crippen LogP contribution is -2.39. The number of aromatic nitrogens is 2. The first-order chi connectivity index (χ1) is 17.0. The molecule has 1 aliphatic rings. The second-order valence-electron chi connectivity index (χ2n) is 8.06. The molecule has 0 atom stereocenters. The van der Waals surface area contributed by atoms with Crippen molar-refractivity contribution in [1.29, 1.82) is 0 Å². The minimum absolute atomic E-state index is 0.0713. The van der Waals surface area contributed by atoms with Gasteiger partial charge in [-0.25, -0.2) is 9.59 Å². The minimum Gasteiger partial charge on any atom is -0.462 e. The smallest absolute Gasteiger partial charge is 0.349 e. The summed E-state index contributed by atoms with van der Waals surface area (Å²) in [6.45, 7) is 0.280. The number of carbonyl (C=O) groups is 1. The third-order valence-electron chi connectivity index (χ3n) is 5.73. The molecule has 35 heavy (non-hydrogen) atoms. The molecule has 0 N–H and O–H groups in total. The Bertz CT molecular complexity index is 1530. The highest BCUT2D eigenvalue weighted by molar-refractivity contribution is 7.20. The summed E-state index contributed by atoms with van der Waals surface area (Å²) in [7, 11) is 1.60. The van der Waals surface area contributed by atoms with Crippen LogP contribution >= 0.6 is 11.3 Å². The van der Waals surface area contributed by atoms with E-state index in [1.807, 2.05) is 60.7 Å². The number of aryl methyl sites for hydroxylation is 1. The van der Waals surface area contributed by atoms with Crippen molar-refractivity contribution < 1.29 is 19.0 Å². The fourth-order valence-electron chi connectivity index (χ4n) is 3.96. The fraction of sp³-hybridized carbons (Fsp3) is 0.192. The predicted octanol–water partition coefficient (Wildman–Crippen LogP) is 3.56. The zero-order chi connectivity index (χ0) is 24.4. The molecular formula is C26H22N2O6S. The summed E-state index contributed by atoms with van der Waals surface area (Å²) in [5, 5.41) is 0.302. The highest BCUT2D eigenvalue weighted by atomic mass is 32.1. The molecule has 178 valence electrons. The third-order valence-corrected chi connectivity index (χ3v) is 7.02. The van der Waals surface area contributed by atoms with E-state index in [2.05, 4.69) is 0 Å². The van der Waals surface area contributed by atoms with Gasteiger partial charge >= 0.3 is 11.7 Å². The molecule has 2 aromatic heterocycles. The number of hydrogen-bond donors (Lipinski definition) is 0. The monoisotopic (exact) mass is 490 g/mol. The maximum absolute atomic E-state index is 13.6. The molecule has 0 radical (unpaired) electrons. The Hall–Kier alpha value is -4.11. The van der Waals surface area contributed by atoms with Gasteiger partial charge in [-0.15, -0.1) is 11.3 Å². The van der Waals surface area contributed by atoms with Crippen LogP contribution in [0.4, 0.5) is 0 Å². The van der Waals surface area contributed by atoms with Gasteiger partial charge < -0.3 is 14.2 Å². The summed E-state index contributed by atoms with van der Waals surface area (Å²) in [6, 6.07) is 18.6. The van der Waals surface area contributed by atoms with Gasteiger partial charge in [-0.3, -0.25) is 13.9 Å². The number of nitrogens with zero attached hydrogens (tertiary/aromatic N) is 2. The minimum atomic E-state index is -0.564. The molecule has 0 amide bonds. The number of benzene rings is 2. The van der Waals surface area contributed by atoms with E-state index in [9.17, 15) is 14.4 Å². The van der Waals surface area contributed by atoms with Crippen LogP contribution in [0.5, 0.6) is 0 Å². The SMILES string of the molecule is Cn1c(=O)n(Cc2ccccc2)c(=O)c2c(CC3=COCO3)c(C(=O)OCc3ccccc3)sc21. The number of allylic oxidation sites excluding steroid dienone is 1. The lowest BCUT2D eigenvalue weighted by atomic mass is 10.1. The highest BCUT2D eigenvalue weighted by Crippen LogP contribution is 2.32. The summed E-state index contributed by atoms with van der Waals surface area (Å²) < 4.78 is 18.8. The second-order valence-corrected chi connectivity index (χ2v) is 9.06. The normalized spacial score (nSPS) is 12.8. The van der Waals surface area contributed by atoms with Gasteiger partial charge in [-0.2, -0.15) is 0 Å². The number of ether oxygens (including phenoxy) is 3. The molecule has 0 bridgehead atoms. The van der Waals surface area contributed by atoms with Gasteiger partial charge in [-0.05, 0) is 11.1 Å². The lowest BCUT2D eigenvalue weighted by Gasteiger charge is -2.10. The molecule has 3 heterocycles. The zero-order valence-corrected chi connectivity index (χ0v) is 19.7. The molecule has 1 aliphatic heterocycles. The summed E-state index contributed by atoms with van der Waals surface area (Å²) >= 11 is 1.07. The molecule has 2 aromatic carbocycles. The van der Waals surface area contributed by atoms with Gasteiger partial charge in [0.05, 0.1) is 11.9 Å². The standard InChI is InChI=1S/C26H22N2O6S/c1-27-24-21(23(29)28(26(27)31)13-17-8-4-2-5-9-17)20(12-19-15-32-16-34-19)22(35-24)25(30)33-14-18-10-6-3-7-11-18/h2-11,15H,12-14,16H2,1H3. The Labute approximate surface area is 204 Å². The van der Waals surface area contributed by atoms with E-state index in [-0.39, 0.29) is 31.2 Å². The van der Waals surface area contributed by atoms with Crippen LogP contribution in [0.15, 0.2) is 82.3 Å². The number of thiophene rings is 1. The van der Waals surface area contributed by atoms with Gasteiger partial charge in [-0.1, -0.05) is 60.7 Å². The van der Waals surface area contributed by atoms with Crippen molar-refractivity contribution in [2.24, 2.45) is 7.05 Å². The fourth-order valence-corrected chi connectivity index (χ4v) is 5.12. The quantitative estimate of drug-likeness (QED) is 0.368. The Morgan fingerprint density at radius 2 is 1.71 bits per heavy atom. The van der Waals surface area contributed by atoms with Gasteiger partial charge in [0.1, 0.15) is 28.3 Å². The van der Waals surface area contributed by atoms with Crippen molar-refractivity contribution in [3.05, 3.63) is 115 Å². The maximum atomic E-state index is 13.6. The van der Waals surface area contributed by atoms with Crippen LogP contribution in [0.3, 0.4) is 0 Å². The van der Waals surface area contributed by atoms with Crippen LogP contribution in [0.25, 0.3) is 10.2 Å². The maximum Gasteiger partial charge on any atom is 0.349 e. The molecule has 4 aromatic rings. The van der Waals surface area contributed by atoms with Crippen molar-refractivity contribution in [3.8, 4) is 0 Å². The van der Waals surface area contributed by atoms with E-state index in [4.69, 9.17) is 14.2 Å². The van der Waals surface area contributed by atoms with Crippen molar-refractivity contribution in [2.45, 2.75) is 19.6 Å². The van der Waals surface area contributed by atoms with E-state index in [1.165, 1.54) is 15.4 Å². The van der Waals surface area contributed by atoms with E-state index >= 15 is 0 Å². The van der Waals surface area contributed by atoms with Crippen molar-refractivity contribution in [3.63, 3.8) is 0 Å². The molecular weight excluding hydrogens is 468 g/mol. The van der Waals surface area contributed by atoms with Crippen LogP contribution in [0.1, 0.15) is 26.4 Å². The average molecular weight is 491 g/mol. The average Bonchev–Trinajstić information content (AvgIpc) is 3.54. The van der Waals surface area contributed by atoms with Crippen LogP contribution in [-0.2, 0) is 40.8 Å². The number of hydrogen-bond acceptors (Lipinski definition) is 7. The molecule has 0 fully saturated rings. The molecule has 8 nitrogen and oxygen atoms in total. The Morgan fingerprint density at radius 1 is 1.03 bits per heavy atom. The van der Waals surface area contributed by atoms with E-state index < -0.39 is 17.2 Å². The van der Waals surface area contributed by atoms with E-state index in [0.717, 1.165) is 22.5 Å². The first-order valence-electron chi connectivity index (χ1n) is 11.0. The molecule has 0 unspecified atom stereocenters. The summed E-state index contributed by atoms with van der Waals surface area (Å²) in [5.74, 6) is -0.0734. The van der Waals surface area contributed by atoms with Crippen molar-refractivity contribution in [2.75, 3.05) is 6.79 Å². The highest BCUT2D eigenvalue weighted by Gasteiger charge is 2.27. The first-order valence-corrected chi connectivity index (χ1v) is 11.8. The Kier molecular flexibility index (Phi) is 6.24. The van der Waals surface area contributed by atoms with Crippen LogP contribution < -0.4 is 11.2 Å². The lowest BCUT2D eigenvalue weighted by molar-refractivity contribution is 0.0477. The Balaban J connectivity index is 1.61. The van der Waals surface area contributed by atoms with Crippen LogP contribution in [-0.4, -0.2) is 21.9 Å². The van der Waals surface area contributed by atoms with Crippen molar-refractivity contribution in [1.82, 2.24) is 9.13 Å². The number of carbonyl (C=O) groups excluding carboxylic acids is 1. The number of rotatable bonds is 7. The van der Waals surface area contributed by atoms with Crippen molar-refractivity contribution >= 4 is 27.5 Å². The van der Waals surface area contributed by atoms with Gasteiger partial charge in [0.2, 0.25) is 6.79 Å². The third kappa shape index (κ3) is 4.50. The summed E-state index contributed by atoms with van der Waals surface area (Å²) in [5.41, 5.74) is 1.21. The van der Waals surface area contributed by atoms with Gasteiger partial charge in [0.15, 0.2) is 0 Å². The van der Waals surface area contributed by atoms with E-state index in [0.29, 0.717) is 21.5 Å². The topological polar surface area (TPSA) is 88.8 Å². The van der Waals surface area contributed by atoms with E-state index in [1.54, 1.807) is 7.05 Å². The summed E-state index contributed by atoms with van der Waals surface area (Å²) in [6.07, 6.45) is 1.63. The molecule has 0 saturated carbocycles. The number of esters is 1. The number of fused-ring (bicyclic) bond motifs is 1. The first kappa shape index (κ1) is 22.7. The summed E-state index contributed by atoms with van der Waals surface area (Å²) in [4.78, 5) is 40.6. The molecule has 0 aliphatic carbocycles. The Morgan fingerprint density at radius 3 is 2.37 bits per heavy atom. The predicted molar refractivity (Wildman–Crippen MR) is 131 cm³/mol. The molecule has 5 rings (SSSR count). The largest absolute Gasteiger partial charge is 0.462 e. The molecule has 0 spiro atoms. The zero-order valence-electron chi connectivity index (χ0n) is 18.9. The second kappa shape index (κ2) is 9.63. The molecule has 9 heteroatoms. The van der Waals surface area contributed by atoms with Gasteiger partial charge in [0, 0.05) is 19.0 Å². The van der Waals surface area contributed by atoms with Gasteiger partial charge in [0.25, 0.3) is 5.56 Å². The molecule has 0 saturated heterocycles. The van der Waals surface area contributed by atoms with Crippen LogP contribution in [0.2, 0.25) is 0 Å².